The first-order valence-electron chi connectivity index (χ1n) is 10.9. The Balaban J connectivity index is 1.42. The van der Waals surface area contributed by atoms with Crippen LogP contribution in [-0.4, -0.2) is 49.1 Å². The molecule has 2 aromatic carbocycles. The number of rotatable bonds is 4. The third kappa shape index (κ3) is 4.22. The quantitative estimate of drug-likeness (QED) is 0.437. The van der Waals surface area contributed by atoms with E-state index in [9.17, 15) is 4.79 Å². The molecule has 0 radical (unpaired) electrons. The van der Waals surface area contributed by atoms with Crippen LogP contribution in [0.3, 0.4) is 0 Å². The van der Waals surface area contributed by atoms with Crippen molar-refractivity contribution in [2.24, 2.45) is 0 Å². The summed E-state index contributed by atoms with van der Waals surface area (Å²) in [5.41, 5.74) is 1.36. The van der Waals surface area contributed by atoms with Crippen molar-refractivity contribution in [3.05, 3.63) is 89.7 Å². The molecule has 1 fully saturated rings. The smallest absolute Gasteiger partial charge is 0.260 e. The van der Waals surface area contributed by atoms with Gasteiger partial charge in [-0.05, 0) is 41.8 Å². The number of hydrogen-bond acceptors (Lipinski definition) is 5. The van der Waals surface area contributed by atoms with E-state index in [1.54, 1.807) is 30.3 Å². The molecule has 7 heteroatoms. The van der Waals surface area contributed by atoms with E-state index in [0.717, 1.165) is 54.3 Å². The van der Waals surface area contributed by atoms with Crippen molar-refractivity contribution in [2.75, 3.05) is 47.9 Å². The van der Waals surface area contributed by atoms with Crippen LogP contribution in [0.25, 0.3) is 10.8 Å². The van der Waals surface area contributed by atoms with Crippen molar-refractivity contribution in [1.29, 1.82) is 0 Å². The van der Waals surface area contributed by atoms with Gasteiger partial charge in [-0.15, -0.1) is 0 Å². The van der Waals surface area contributed by atoms with Crippen LogP contribution >= 0.6 is 11.6 Å². The predicted octanol–water partition coefficient (Wildman–Crippen LogP) is 4.89. The summed E-state index contributed by atoms with van der Waals surface area (Å²) in [5.74, 6) is 1.81. The maximum absolute atomic E-state index is 13.4. The van der Waals surface area contributed by atoms with E-state index < -0.39 is 0 Å². The van der Waals surface area contributed by atoms with Gasteiger partial charge in [-0.1, -0.05) is 41.9 Å². The Kier molecular flexibility index (Phi) is 5.84. The molecular weight excluding hydrogens is 434 g/mol. The number of hydrogen-bond donors (Lipinski definition) is 0. The molecule has 0 bridgehead atoms. The van der Waals surface area contributed by atoms with E-state index in [-0.39, 0.29) is 5.91 Å². The summed E-state index contributed by atoms with van der Waals surface area (Å²) in [6.45, 7) is 3.41. The molecule has 33 heavy (non-hydrogen) atoms. The molecule has 0 atom stereocenters. The van der Waals surface area contributed by atoms with Gasteiger partial charge in [0.2, 0.25) is 0 Å². The lowest BCUT2D eigenvalue weighted by molar-refractivity contribution is 0.0994. The van der Waals surface area contributed by atoms with Crippen molar-refractivity contribution in [1.82, 2.24) is 9.97 Å². The average molecular weight is 458 g/mol. The number of nitrogens with zero attached hydrogens (tertiary/aromatic N) is 5. The number of fused-ring (bicyclic) bond motifs is 1. The standard InChI is InChI=1S/C26H24ClN5O/c1-30(20-11-9-19(27)10-12-20)26(33)23-18-29-25(22-7-3-2-6-21(22)23)32-16-14-31(15-17-32)24-8-4-5-13-28-24/h2-13,18H,14-17H2,1H3. The van der Waals surface area contributed by atoms with Gasteiger partial charge in [-0.3, -0.25) is 4.79 Å². The minimum absolute atomic E-state index is 0.104. The molecule has 1 aliphatic rings. The van der Waals surface area contributed by atoms with Gasteiger partial charge < -0.3 is 14.7 Å². The van der Waals surface area contributed by atoms with Crippen LogP contribution in [0.15, 0.2) is 79.1 Å². The van der Waals surface area contributed by atoms with Gasteiger partial charge in [0.05, 0.1) is 5.56 Å². The molecule has 166 valence electrons. The largest absolute Gasteiger partial charge is 0.353 e. The number of carbonyl (C=O) groups excluding carboxylic acids is 1. The van der Waals surface area contributed by atoms with Crippen LogP contribution in [0.4, 0.5) is 17.3 Å². The minimum atomic E-state index is -0.104. The summed E-state index contributed by atoms with van der Waals surface area (Å²) < 4.78 is 0. The number of pyridine rings is 2. The zero-order valence-electron chi connectivity index (χ0n) is 18.4. The molecule has 5 rings (SSSR count). The lowest BCUT2D eigenvalue weighted by Crippen LogP contribution is -2.47. The summed E-state index contributed by atoms with van der Waals surface area (Å²) in [6, 6.07) is 21.2. The summed E-state index contributed by atoms with van der Waals surface area (Å²) in [7, 11) is 1.77. The lowest BCUT2D eigenvalue weighted by Gasteiger charge is -2.36. The molecule has 1 aliphatic heterocycles. The number of benzene rings is 2. The first-order chi connectivity index (χ1) is 16.1. The number of halogens is 1. The van der Waals surface area contributed by atoms with Gasteiger partial charge in [0, 0.05) is 61.7 Å². The Morgan fingerprint density at radius 3 is 2.21 bits per heavy atom. The van der Waals surface area contributed by atoms with Crippen LogP contribution in [0, 0.1) is 0 Å². The van der Waals surface area contributed by atoms with E-state index >= 15 is 0 Å². The van der Waals surface area contributed by atoms with Gasteiger partial charge in [-0.2, -0.15) is 0 Å². The molecule has 0 saturated carbocycles. The second-order valence-electron chi connectivity index (χ2n) is 8.04. The molecule has 1 amide bonds. The Bertz CT molecular complexity index is 1270. The Labute approximate surface area is 198 Å². The first kappa shape index (κ1) is 21.2. The topological polar surface area (TPSA) is 52.6 Å². The van der Waals surface area contributed by atoms with E-state index in [2.05, 4.69) is 14.8 Å². The molecule has 2 aromatic heterocycles. The van der Waals surface area contributed by atoms with Crippen LogP contribution in [0.5, 0.6) is 0 Å². The molecule has 4 aromatic rings. The molecule has 0 aliphatic carbocycles. The van der Waals surface area contributed by atoms with Crippen molar-refractivity contribution in [3.63, 3.8) is 0 Å². The second kappa shape index (κ2) is 9.08. The van der Waals surface area contributed by atoms with Gasteiger partial charge in [-0.25, -0.2) is 9.97 Å². The molecule has 3 heterocycles. The SMILES string of the molecule is CN(C(=O)c1cnc(N2CCN(c3ccccn3)CC2)c2ccccc12)c1ccc(Cl)cc1. The zero-order valence-corrected chi connectivity index (χ0v) is 19.1. The molecule has 0 unspecified atom stereocenters. The van der Waals surface area contributed by atoms with Crippen molar-refractivity contribution < 1.29 is 4.79 Å². The van der Waals surface area contributed by atoms with E-state index in [1.807, 2.05) is 60.8 Å². The fourth-order valence-corrected chi connectivity index (χ4v) is 4.38. The van der Waals surface area contributed by atoms with Crippen LogP contribution in [0.1, 0.15) is 10.4 Å². The fraction of sp³-hybridized carbons (Fsp3) is 0.192. The highest BCUT2D eigenvalue weighted by Gasteiger charge is 2.23. The van der Waals surface area contributed by atoms with E-state index in [4.69, 9.17) is 16.6 Å². The normalized spacial score (nSPS) is 13.9. The number of carbonyl (C=O) groups is 1. The highest BCUT2D eigenvalue weighted by atomic mass is 35.5. The average Bonchev–Trinajstić information content (AvgIpc) is 2.88. The van der Waals surface area contributed by atoms with Gasteiger partial charge in [0.25, 0.3) is 5.91 Å². The number of piperazine rings is 1. The highest BCUT2D eigenvalue weighted by Crippen LogP contribution is 2.30. The maximum Gasteiger partial charge on any atom is 0.260 e. The minimum Gasteiger partial charge on any atom is -0.353 e. The highest BCUT2D eigenvalue weighted by molar-refractivity contribution is 6.30. The monoisotopic (exact) mass is 457 g/mol. The molecule has 6 nitrogen and oxygen atoms in total. The van der Waals surface area contributed by atoms with Crippen LogP contribution < -0.4 is 14.7 Å². The number of aromatic nitrogens is 2. The van der Waals surface area contributed by atoms with Gasteiger partial charge in [0.1, 0.15) is 11.6 Å². The number of anilines is 3. The molecule has 0 spiro atoms. The maximum atomic E-state index is 13.4. The molecule has 0 N–H and O–H groups in total. The van der Waals surface area contributed by atoms with Gasteiger partial charge in [0.15, 0.2) is 0 Å². The Hall–Kier alpha value is -3.64. The summed E-state index contributed by atoms with van der Waals surface area (Å²) in [4.78, 5) is 28.8. The third-order valence-corrected chi connectivity index (χ3v) is 6.33. The van der Waals surface area contributed by atoms with Gasteiger partial charge >= 0.3 is 0 Å². The van der Waals surface area contributed by atoms with Crippen molar-refractivity contribution in [3.8, 4) is 0 Å². The van der Waals surface area contributed by atoms with Crippen LogP contribution in [-0.2, 0) is 0 Å². The first-order valence-corrected chi connectivity index (χ1v) is 11.3. The van der Waals surface area contributed by atoms with Crippen molar-refractivity contribution >= 4 is 45.6 Å². The van der Waals surface area contributed by atoms with Crippen LogP contribution in [0.2, 0.25) is 5.02 Å². The number of amides is 1. The van der Waals surface area contributed by atoms with E-state index in [1.165, 1.54) is 0 Å². The Morgan fingerprint density at radius 2 is 1.52 bits per heavy atom. The summed E-state index contributed by atoms with van der Waals surface area (Å²) in [5, 5.41) is 2.53. The third-order valence-electron chi connectivity index (χ3n) is 6.08. The molecular formula is C26H24ClN5O. The van der Waals surface area contributed by atoms with E-state index in [0.29, 0.717) is 10.6 Å². The fourth-order valence-electron chi connectivity index (χ4n) is 4.25. The lowest BCUT2D eigenvalue weighted by atomic mass is 10.0. The summed E-state index contributed by atoms with van der Waals surface area (Å²) in [6.07, 6.45) is 3.53. The Morgan fingerprint density at radius 1 is 0.848 bits per heavy atom. The summed E-state index contributed by atoms with van der Waals surface area (Å²) >= 11 is 6.00. The second-order valence-corrected chi connectivity index (χ2v) is 8.48. The molecule has 1 saturated heterocycles. The van der Waals surface area contributed by atoms with Crippen molar-refractivity contribution in [2.45, 2.75) is 0 Å². The predicted molar refractivity (Wildman–Crippen MR) is 135 cm³/mol. The zero-order chi connectivity index (χ0) is 22.8.